The molecule has 1 heterocycles. The van der Waals surface area contributed by atoms with E-state index in [0.717, 1.165) is 5.56 Å². The second-order valence-corrected chi connectivity index (χ2v) is 8.47. The quantitative estimate of drug-likeness (QED) is 0.304. The Balaban J connectivity index is 1.86. The summed E-state index contributed by atoms with van der Waals surface area (Å²) in [5, 5.41) is 11.2. The fraction of sp³-hybridized carbons (Fsp3) is 0.214. The number of hydrogen-bond donors (Lipinski definition) is 1. The zero-order valence-electron chi connectivity index (χ0n) is 19.6. The van der Waals surface area contributed by atoms with E-state index in [1.165, 1.54) is 4.90 Å². The Bertz CT molecular complexity index is 1230. The van der Waals surface area contributed by atoms with E-state index in [9.17, 15) is 14.7 Å². The van der Waals surface area contributed by atoms with Crippen LogP contribution in [0.1, 0.15) is 36.6 Å². The van der Waals surface area contributed by atoms with Crippen molar-refractivity contribution in [2.45, 2.75) is 32.9 Å². The maximum absolute atomic E-state index is 13.3. The number of methoxy groups -OCH3 is 1. The van der Waals surface area contributed by atoms with Crippen molar-refractivity contribution in [1.29, 1.82) is 0 Å². The van der Waals surface area contributed by atoms with Gasteiger partial charge in [0.1, 0.15) is 17.3 Å². The highest BCUT2D eigenvalue weighted by atomic mass is 16.5. The van der Waals surface area contributed by atoms with Crippen molar-refractivity contribution in [3.8, 4) is 11.5 Å². The zero-order chi connectivity index (χ0) is 24.4. The molecule has 1 unspecified atom stereocenters. The summed E-state index contributed by atoms with van der Waals surface area (Å²) in [5.74, 6) is -0.333. The molecule has 1 amide bonds. The van der Waals surface area contributed by atoms with E-state index < -0.39 is 17.7 Å². The summed E-state index contributed by atoms with van der Waals surface area (Å²) in [5.41, 5.74) is 2.75. The van der Waals surface area contributed by atoms with Crippen LogP contribution in [0.5, 0.6) is 11.5 Å². The molecule has 1 aliphatic heterocycles. The van der Waals surface area contributed by atoms with Gasteiger partial charge in [-0.1, -0.05) is 42.0 Å². The molecule has 0 radical (unpaired) electrons. The van der Waals surface area contributed by atoms with Crippen molar-refractivity contribution in [1.82, 2.24) is 0 Å². The molecule has 6 heteroatoms. The van der Waals surface area contributed by atoms with Crippen LogP contribution in [0.3, 0.4) is 0 Å². The van der Waals surface area contributed by atoms with Gasteiger partial charge in [-0.2, -0.15) is 0 Å². The molecule has 0 bridgehead atoms. The van der Waals surface area contributed by atoms with Crippen molar-refractivity contribution in [2.24, 2.45) is 0 Å². The molecule has 174 valence electrons. The maximum atomic E-state index is 13.3. The number of aliphatic hydroxyl groups excluding tert-OH is 1. The molecule has 4 rings (SSSR count). The van der Waals surface area contributed by atoms with Crippen LogP contribution in [0, 0.1) is 6.92 Å². The Morgan fingerprint density at radius 1 is 0.882 bits per heavy atom. The predicted molar refractivity (Wildman–Crippen MR) is 131 cm³/mol. The van der Waals surface area contributed by atoms with Crippen LogP contribution < -0.4 is 14.4 Å². The van der Waals surface area contributed by atoms with Crippen LogP contribution in [0.4, 0.5) is 5.69 Å². The maximum Gasteiger partial charge on any atom is 0.300 e. The number of rotatable bonds is 6. The molecule has 1 N–H and O–H groups in total. The van der Waals surface area contributed by atoms with E-state index in [2.05, 4.69) is 0 Å². The van der Waals surface area contributed by atoms with Crippen LogP contribution in [-0.2, 0) is 9.59 Å². The fourth-order valence-electron chi connectivity index (χ4n) is 4.02. The summed E-state index contributed by atoms with van der Waals surface area (Å²) in [4.78, 5) is 27.9. The first-order valence-corrected chi connectivity index (χ1v) is 11.1. The Kier molecular flexibility index (Phi) is 6.41. The third kappa shape index (κ3) is 4.39. The average molecular weight is 458 g/mol. The summed E-state index contributed by atoms with van der Waals surface area (Å²) in [7, 11) is 1.57. The smallest absolute Gasteiger partial charge is 0.300 e. The molecule has 0 saturated carbocycles. The van der Waals surface area contributed by atoms with Crippen molar-refractivity contribution in [2.75, 3.05) is 12.0 Å². The number of benzene rings is 3. The van der Waals surface area contributed by atoms with Crippen LogP contribution in [-0.4, -0.2) is 30.0 Å². The zero-order valence-corrected chi connectivity index (χ0v) is 19.6. The molecule has 0 aromatic heterocycles. The van der Waals surface area contributed by atoms with Gasteiger partial charge < -0.3 is 14.6 Å². The van der Waals surface area contributed by atoms with Crippen LogP contribution in [0.2, 0.25) is 0 Å². The number of nitrogens with zero attached hydrogens (tertiary/aromatic N) is 1. The van der Waals surface area contributed by atoms with Crippen molar-refractivity contribution in [3.05, 3.63) is 95.1 Å². The molecular weight excluding hydrogens is 430 g/mol. The molecular formula is C28H27NO5. The first-order valence-electron chi connectivity index (χ1n) is 11.1. The standard InChI is InChI=1S/C28H27NO5/c1-17(2)34-23-15-11-21(12-16-23)29-25(19-9-13-22(33-4)14-10-19)24(27(31)28(29)32)26(30)20-7-5-18(3)6-8-20/h5-17,25,30H,1-4H3/b26-24+. The molecule has 1 fully saturated rings. The first-order chi connectivity index (χ1) is 16.3. The number of aliphatic hydroxyl groups is 1. The van der Waals surface area contributed by atoms with Gasteiger partial charge in [-0.05, 0) is 62.7 Å². The number of aryl methyl sites for hydroxylation is 1. The minimum absolute atomic E-state index is 0.00823. The SMILES string of the molecule is COc1ccc(C2/C(=C(\O)c3ccc(C)cc3)C(=O)C(=O)N2c2ccc(OC(C)C)cc2)cc1. The van der Waals surface area contributed by atoms with Crippen molar-refractivity contribution >= 4 is 23.1 Å². The molecule has 0 aliphatic carbocycles. The number of Topliss-reactive ketones (excluding diaryl/α,β-unsaturated/α-hetero) is 1. The highest BCUT2D eigenvalue weighted by Crippen LogP contribution is 2.42. The lowest BCUT2D eigenvalue weighted by Crippen LogP contribution is -2.29. The van der Waals surface area contributed by atoms with Crippen LogP contribution >= 0.6 is 0 Å². The van der Waals surface area contributed by atoms with Gasteiger partial charge in [0.2, 0.25) is 0 Å². The van der Waals surface area contributed by atoms with E-state index in [-0.39, 0.29) is 17.4 Å². The van der Waals surface area contributed by atoms with Gasteiger partial charge in [0, 0.05) is 11.3 Å². The largest absolute Gasteiger partial charge is 0.507 e. The summed E-state index contributed by atoms with van der Waals surface area (Å²) in [6, 6.07) is 20.5. The van der Waals surface area contributed by atoms with Gasteiger partial charge in [0.25, 0.3) is 11.7 Å². The topological polar surface area (TPSA) is 76.1 Å². The lowest BCUT2D eigenvalue weighted by Gasteiger charge is -2.26. The summed E-state index contributed by atoms with van der Waals surface area (Å²) < 4.78 is 11.0. The Labute approximate surface area is 199 Å². The number of carbonyl (C=O) groups excluding carboxylic acids is 2. The molecule has 1 aliphatic rings. The molecule has 6 nitrogen and oxygen atoms in total. The number of anilines is 1. The van der Waals surface area contributed by atoms with E-state index in [1.54, 1.807) is 67.8 Å². The number of ketones is 1. The first kappa shape index (κ1) is 23.1. The molecule has 1 atom stereocenters. The highest BCUT2D eigenvalue weighted by molar-refractivity contribution is 6.51. The lowest BCUT2D eigenvalue weighted by atomic mass is 9.95. The normalized spacial score (nSPS) is 17.3. The van der Waals surface area contributed by atoms with Gasteiger partial charge in [0.15, 0.2) is 0 Å². The third-order valence-electron chi connectivity index (χ3n) is 5.69. The minimum atomic E-state index is -0.802. The van der Waals surface area contributed by atoms with Gasteiger partial charge in [-0.25, -0.2) is 0 Å². The van der Waals surface area contributed by atoms with Gasteiger partial charge in [0.05, 0.1) is 24.8 Å². The Hall–Kier alpha value is -4.06. The summed E-state index contributed by atoms with van der Waals surface area (Å²) in [6.45, 7) is 5.80. The predicted octanol–water partition coefficient (Wildman–Crippen LogP) is 5.42. The molecule has 3 aromatic carbocycles. The number of hydrogen-bond acceptors (Lipinski definition) is 5. The van der Waals surface area contributed by atoms with Crippen LogP contribution in [0.25, 0.3) is 5.76 Å². The molecule has 34 heavy (non-hydrogen) atoms. The van der Waals surface area contributed by atoms with Gasteiger partial charge in [-0.15, -0.1) is 0 Å². The Morgan fingerprint density at radius 3 is 2.03 bits per heavy atom. The average Bonchev–Trinajstić information content (AvgIpc) is 3.10. The van der Waals surface area contributed by atoms with E-state index in [4.69, 9.17) is 9.47 Å². The second-order valence-electron chi connectivity index (χ2n) is 8.47. The molecule has 3 aromatic rings. The molecule has 1 saturated heterocycles. The lowest BCUT2D eigenvalue weighted by molar-refractivity contribution is -0.132. The van der Waals surface area contributed by atoms with Gasteiger partial charge in [-0.3, -0.25) is 14.5 Å². The van der Waals surface area contributed by atoms with Crippen molar-refractivity contribution < 1.29 is 24.2 Å². The molecule has 0 spiro atoms. The van der Waals surface area contributed by atoms with E-state index in [1.807, 2.05) is 32.9 Å². The van der Waals surface area contributed by atoms with Crippen molar-refractivity contribution in [3.63, 3.8) is 0 Å². The number of carbonyl (C=O) groups is 2. The van der Waals surface area contributed by atoms with E-state index >= 15 is 0 Å². The second kappa shape index (κ2) is 9.43. The summed E-state index contributed by atoms with van der Waals surface area (Å²) in [6.07, 6.45) is 0.00823. The Morgan fingerprint density at radius 2 is 1.47 bits per heavy atom. The van der Waals surface area contributed by atoms with E-state index in [0.29, 0.717) is 28.3 Å². The number of amides is 1. The minimum Gasteiger partial charge on any atom is -0.507 e. The third-order valence-corrected chi connectivity index (χ3v) is 5.69. The van der Waals surface area contributed by atoms with Crippen LogP contribution in [0.15, 0.2) is 78.4 Å². The monoisotopic (exact) mass is 457 g/mol. The number of ether oxygens (including phenoxy) is 2. The fourth-order valence-corrected chi connectivity index (χ4v) is 4.02. The van der Waals surface area contributed by atoms with Gasteiger partial charge >= 0.3 is 0 Å². The summed E-state index contributed by atoms with van der Waals surface area (Å²) >= 11 is 0. The highest BCUT2D eigenvalue weighted by Gasteiger charge is 2.47.